The second kappa shape index (κ2) is 7.60. The van der Waals surface area contributed by atoms with Gasteiger partial charge in [0.15, 0.2) is 0 Å². The molecule has 0 unspecified atom stereocenters. The van der Waals surface area contributed by atoms with Crippen LogP contribution in [-0.2, 0) is 0 Å². The van der Waals surface area contributed by atoms with Gasteiger partial charge in [0.1, 0.15) is 5.75 Å². The molecule has 0 fully saturated rings. The summed E-state index contributed by atoms with van der Waals surface area (Å²) >= 11 is 1.77. The Hall–Kier alpha value is -1.94. The lowest BCUT2D eigenvalue weighted by Gasteiger charge is -2.06. The van der Waals surface area contributed by atoms with Crippen molar-refractivity contribution in [2.45, 2.75) is 11.3 Å². The Labute approximate surface area is 123 Å². The number of thioether (sulfide) groups is 1. The van der Waals surface area contributed by atoms with E-state index in [2.05, 4.69) is 17.4 Å². The number of phenolic OH excluding ortho intramolecular Hbond substituents is 1. The zero-order valence-corrected chi connectivity index (χ0v) is 11.9. The first kappa shape index (κ1) is 14.5. The molecular formula is C16H17NO2S. The molecule has 2 N–H and O–H groups in total. The first-order valence-electron chi connectivity index (χ1n) is 6.51. The first-order valence-corrected chi connectivity index (χ1v) is 7.50. The first-order chi connectivity index (χ1) is 9.77. The number of hydrogen-bond donors (Lipinski definition) is 2. The van der Waals surface area contributed by atoms with Crippen LogP contribution in [-0.4, -0.2) is 23.3 Å². The van der Waals surface area contributed by atoms with Crippen LogP contribution >= 0.6 is 11.8 Å². The van der Waals surface area contributed by atoms with Gasteiger partial charge in [-0.1, -0.05) is 30.3 Å². The summed E-state index contributed by atoms with van der Waals surface area (Å²) < 4.78 is 0. The average Bonchev–Trinajstić information content (AvgIpc) is 2.48. The van der Waals surface area contributed by atoms with Crippen molar-refractivity contribution in [2.75, 3.05) is 12.3 Å². The highest BCUT2D eigenvalue weighted by molar-refractivity contribution is 7.99. The quantitative estimate of drug-likeness (QED) is 0.633. The van der Waals surface area contributed by atoms with Crippen LogP contribution < -0.4 is 5.32 Å². The van der Waals surface area contributed by atoms with E-state index >= 15 is 0 Å². The van der Waals surface area contributed by atoms with E-state index < -0.39 is 0 Å². The average molecular weight is 287 g/mol. The van der Waals surface area contributed by atoms with Gasteiger partial charge in [-0.25, -0.2) is 0 Å². The van der Waals surface area contributed by atoms with E-state index in [9.17, 15) is 9.90 Å². The Morgan fingerprint density at radius 3 is 2.50 bits per heavy atom. The molecule has 0 atom stereocenters. The van der Waals surface area contributed by atoms with Crippen molar-refractivity contribution in [1.29, 1.82) is 0 Å². The van der Waals surface area contributed by atoms with Crippen LogP contribution in [0, 0.1) is 0 Å². The standard InChI is InChI=1S/C16H17NO2S/c18-15-10-5-4-9-14(15)16(19)17-11-6-12-20-13-7-2-1-3-8-13/h1-5,7-10,18H,6,11-12H2,(H,17,19). The number of hydrogen-bond acceptors (Lipinski definition) is 3. The lowest BCUT2D eigenvalue weighted by Crippen LogP contribution is -2.24. The van der Waals surface area contributed by atoms with Crippen LogP contribution in [0.15, 0.2) is 59.5 Å². The van der Waals surface area contributed by atoms with Crippen molar-refractivity contribution in [2.24, 2.45) is 0 Å². The number of carbonyl (C=O) groups is 1. The third kappa shape index (κ3) is 4.31. The molecule has 0 aliphatic rings. The monoisotopic (exact) mass is 287 g/mol. The molecule has 2 aromatic carbocycles. The number of para-hydroxylation sites is 1. The maximum Gasteiger partial charge on any atom is 0.255 e. The molecule has 0 aliphatic heterocycles. The van der Waals surface area contributed by atoms with Crippen LogP contribution in [0.3, 0.4) is 0 Å². The van der Waals surface area contributed by atoms with E-state index in [1.807, 2.05) is 18.2 Å². The molecule has 20 heavy (non-hydrogen) atoms. The molecule has 0 saturated heterocycles. The van der Waals surface area contributed by atoms with Crippen molar-refractivity contribution in [3.63, 3.8) is 0 Å². The molecule has 0 radical (unpaired) electrons. The van der Waals surface area contributed by atoms with Gasteiger partial charge in [-0.3, -0.25) is 4.79 Å². The molecule has 104 valence electrons. The predicted molar refractivity (Wildman–Crippen MR) is 82.2 cm³/mol. The largest absolute Gasteiger partial charge is 0.507 e. The third-order valence-corrected chi connectivity index (χ3v) is 3.87. The van der Waals surface area contributed by atoms with E-state index in [-0.39, 0.29) is 11.7 Å². The van der Waals surface area contributed by atoms with Crippen LogP contribution in [0.25, 0.3) is 0 Å². The highest BCUT2D eigenvalue weighted by Crippen LogP contribution is 2.18. The van der Waals surface area contributed by atoms with Gasteiger partial charge < -0.3 is 10.4 Å². The summed E-state index contributed by atoms with van der Waals surface area (Å²) in [5.74, 6) is 0.738. The minimum absolute atomic E-state index is 0.0173. The number of benzene rings is 2. The zero-order valence-electron chi connectivity index (χ0n) is 11.1. The second-order valence-corrected chi connectivity index (χ2v) is 5.46. The van der Waals surface area contributed by atoms with Crippen molar-refractivity contribution < 1.29 is 9.90 Å². The number of phenols is 1. The van der Waals surface area contributed by atoms with Crippen LogP contribution in [0.5, 0.6) is 5.75 Å². The van der Waals surface area contributed by atoms with E-state index in [1.54, 1.807) is 30.0 Å². The Kier molecular flexibility index (Phi) is 5.50. The Balaban J connectivity index is 1.69. The molecule has 2 aromatic rings. The van der Waals surface area contributed by atoms with E-state index in [0.29, 0.717) is 12.1 Å². The molecule has 0 bridgehead atoms. The van der Waals surface area contributed by atoms with Crippen molar-refractivity contribution in [3.05, 3.63) is 60.2 Å². The lowest BCUT2D eigenvalue weighted by atomic mass is 10.2. The van der Waals surface area contributed by atoms with Gasteiger partial charge in [0.05, 0.1) is 5.56 Å². The van der Waals surface area contributed by atoms with Gasteiger partial charge in [0.25, 0.3) is 5.91 Å². The maximum atomic E-state index is 11.8. The summed E-state index contributed by atoms with van der Waals surface area (Å²) in [4.78, 5) is 13.1. The van der Waals surface area contributed by atoms with Gasteiger partial charge in [-0.05, 0) is 36.4 Å². The fourth-order valence-corrected chi connectivity index (χ4v) is 2.62. The highest BCUT2D eigenvalue weighted by atomic mass is 32.2. The molecule has 0 aromatic heterocycles. The molecule has 0 saturated carbocycles. The second-order valence-electron chi connectivity index (χ2n) is 4.29. The summed E-state index contributed by atoms with van der Waals surface area (Å²) in [6, 6.07) is 16.7. The third-order valence-electron chi connectivity index (χ3n) is 2.77. The number of carbonyl (C=O) groups excluding carboxylic acids is 1. The summed E-state index contributed by atoms with van der Waals surface area (Å²) in [5.41, 5.74) is 0.322. The van der Waals surface area contributed by atoms with Gasteiger partial charge in [0, 0.05) is 11.4 Å². The number of rotatable bonds is 6. The predicted octanol–water partition coefficient (Wildman–Crippen LogP) is 3.30. The molecule has 3 nitrogen and oxygen atoms in total. The number of amides is 1. The molecule has 4 heteroatoms. The maximum absolute atomic E-state index is 11.8. The molecule has 0 heterocycles. The van der Waals surface area contributed by atoms with Gasteiger partial charge in [-0.15, -0.1) is 11.8 Å². The minimum Gasteiger partial charge on any atom is -0.507 e. The molecule has 2 rings (SSSR count). The smallest absolute Gasteiger partial charge is 0.255 e. The number of aromatic hydroxyl groups is 1. The lowest BCUT2D eigenvalue weighted by molar-refractivity contribution is 0.0951. The Morgan fingerprint density at radius 1 is 1.05 bits per heavy atom. The van der Waals surface area contributed by atoms with E-state index in [0.717, 1.165) is 12.2 Å². The summed E-state index contributed by atoms with van der Waals surface area (Å²) in [7, 11) is 0. The Morgan fingerprint density at radius 2 is 1.75 bits per heavy atom. The zero-order chi connectivity index (χ0) is 14.2. The van der Waals surface area contributed by atoms with E-state index in [1.165, 1.54) is 11.0 Å². The van der Waals surface area contributed by atoms with Gasteiger partial charge >= 0.3 is 0 Å². The van der Waals surface area contributed by atoms with Crippen molar-refractivity contribution in [1.82, 2.24) is 5.32 Å². The molecular weight excluding hydrogens is 270 g/mol. The Bertz CT molecular complexity index is 557. The SMILES string of the molecule is O=C(NCCCSc1ccccc1)c1ccccc1O. The fourth-order valence-electron chi connectivity index (χ4n) is 1.74. The highest BCUT2D eigenvalue weighted by Gasteiger charge is 2.08. The summed E-state index contributed by atoms with van der Waals surface area (Å²) in [5, 5.41) is 12.4. The van der Waals surface area contributed by atoms with Crippen molar-refractivity contribution in [3.8, 4) is 5.75 Å². The molecule has 0 spiro atoms. The summed E-state index contributed by atoms with van der Waals surface area (Å²) in [6.45, 7) is 0.604. The molecule has 1 amide bonds. The van der Waals surface area contributed by atoms with E-state index in [4.69, 9.17) is 0 Å². The van der Waals surface area contributed by atoms with Gasteiger partial charge in [0.2, 0.25) is 0 Å². The van der Waals surface area contributed by atoms with Crippen LogP contribution in [0.1, 0.15) is 16.8 Å². The van der Waals surface area contributed by atoms with Crippen molar-refractivity contribution >= 4 is 17.7 Å². The minimum atomic E-state index is -0.229. The van der Waals surface area contributed by atoms with Crippen LogP contribution in [0.4, 0.5) is 0 Å². The van der Waals surface area contributed by atoms with Crippen LogP contribution in [0.2, 0.25) is 0 Å². The number of nitrogens with one attached hydrogen (secondary N) is 1. The molecule has 0 aliphatic carbocycles. The summed E-state index contributed by atoms with van der Waals surface area (Å²) in [6.07, 6.45) is 0.888. The topological polar surface area (TPSA) is 49.3 Å². The fraction of sp³-hybridized carbons (Fsp3) is 0.188. The van der Waals surface area contributed by atoms with Gasteiger partial charge in [-0.2, -0.15) is 0 Å². The normalized spacial score (nSPS) is 10.2.